The Morgan fingerprint density at radius 1 is 1.30 bits per heavy atom. The largest absolute Gasteiger partial charge is 0.469 e. The minimum Gasteiger partial charge on any atom is -0.469 e. The molecule has 0 aliphatic heterocycles. The van der Waals surface area contributed by atoms with E-state index in [1.165, 1.54) is 32.8 Å². The van der Waals surface area contributed by atoms with Crippen LogP contribution in [-0.4, -0.2) is 18.1 Å². The molecule has 0 saturated heterocycles. The number of rotatable bonds is 3. The van der Waals surface area contributed by atoms with Crippen molar-refractivity contribution in [2.45, 2.75) is 38.0 Å². The molecule has 3 rings (SSSR count). The zero-order valence-electron chi connectivity index (χ0n) is 11.8. The van der Waals surface area contributed by atoms with Gasteiger partial charge in [-0.05, 0) is 30.5 Å². The SMILES string of the molecule is COC(=O)Cc1cc(C2CCCC2)nc2ccccc12. The second kappa shape index (κ2) is 5.61. The highest BCUT2D eigenvalue weighted by Crippen LogP contribution is 2.34. The van der Waals surface area contributed by atoms with Crippen molar-refractivity contribution >= 4 is 16.9 Å². The van der Waals surface area contributed by atoms with E-state index in [-0.39, 0.29) is 5.97 Å². The lowest BCUT2D eigenvalue weighted by atomic mass is 9.98. The van der Waals surface area contributed by atoms with Crippen LogP contribution < -0.4 is 0 Å². The Kier molecular flexibility index (Phi) is 3.68. The first kappa shape index (κ1) is 13.1. The van der Waals surface area contributed by atoms with Crippen molar-refractivity contribution in [1.82, 2.24) is 4.98 Å². The van der Waals surface area contributed by atoms with Gasteiger partial charge in [0.25, 0.3) is 0 Å². The molecule has 1 aliphatic rings. The highest BCUT2D eigenvalue weighted by Gasteiger charge is 2.20. The van der Waals surface area contributed by atoms with Gasteiger partial charge in [0.15, 0.2) is 0 Å². The Morgan fingerprint density at radius 2 is 2.05 bits per heavy atom. The number of methoxy groups -OCH3 is 1. The van der Waals surface area contributed by atoms with Crippen LogP contribution in [0.25, 0.3) is 10.9 Å². The maximum Gasteiger partial charge on any atom is 0.310 e. The summed E-state index contributed by atoms with van der Waals surface area (Å²) in [5.74, 6) is 0.356. The molecule has 0 amide bonds. The van der Waals surface area contributed by atoms with Crippen LogP contribution >= 0.6 is 0 Å². The number of ether oxygens (including phenoxy) is 1. The predicted molar refractivity (Wildman–Crippen MR) is 78.7 cm³/mol. The molecule has 0 N–H and O–H groups in total. The van der Waals surface area contributed by atoms with E-state index in [1.54, 1.807) is 0 Å². The van der Waals surface area contributed by atoms with E-state index < -0.39 is 0 Å². The Balaban J connectivity index is 2.06. The van der Waals surface area contributed by atoms with Crippen molar-refractivity contribution in [2.24, 2.45) is 0 Å². The average Bonchev–Trinajstić information content (AvgIpc) is 3.01. The first-order valence-corrected chi connectivity index (χ1v) is 7.23. The molecule has 1 saturated carbocycles. The van der Waals surface area contributed by atoms with Gasteiger partial charge in [-0.1, -0.05) is 31.0 Å². The van der Waals surface area contributed by atoms with E-state index >= 15 is 0 Å². The van der Waals surface area contributed by atoms with E-state index in [2.05, 4.69) is 6.07 Å². The highest BCUT2D eigenvalue weighted by atomic mass is 16.5. The fourth-order valence-electron chi connectivity index (χ4n) is 3.07. The molecule has 0 atom stereocenters. The molecule has 1 aromatic carbocycles. The summed E-state index contributed by atoms with van der Waals surface area (Å²) in [5.41, 5.74) is 3.15. The fraction of sp³-hybridized carbons (Fsp3) is 0.412. The quantitative estimate of drug-likeness (QED) is 0.799. The number of nitrogens with zero attached hydrogens (tertiary/aromatic N) is 1. The minimum absolute atomic E-state index is 0.196. The summed E-state index contributed by atoms with van der Waals surface area (Å²) in [7, 11) is 1.43. The van der Waals surface area contributed by atoms with E-state index in [4.69, 9.17) is 9.72 Å². The minimum atomic E-state index is -0.196. The fourth-order valence-corrected chi connectivity index (χ4v) is 3.07. The molecular weight excluding hydrogens is 250 g/mol. The Labute approximate surface area is 119 Å². The summed E-state index contributed by atoms with van der Waals surface area (Å²) in [5, 5.41) is 1.06. The maximum absolute atomic E-state index is 11.6. The highest BCUT2D eigenvalue weighted by molar-refractivity contribution is 5.86. The van der Waals surface area contributed by atoms with E-state index in [9.17, 15) is 4.79 Å². The van der Waals surface area contributed by atoms with Gasteiger partial charge >= 0.3 is 5.97 Å². The van der Waals surface area contributed by atoms with Crippen LogP contribution in [0, 0.1) is 0 Å². The van der Waals surface area contributed by atoms with E-state index in [1.807, 2.05) is 24.3 Å². The summed E-state index contributed by atoms with van der Waals surface area (Å²) < 4.78 is 4.81. The second-order valence-corrected chi connectivity index (χ2v) is 5.46. The lowest BCUT2D eigenvalue weighted by Crippen LogP contribution is -2.07. The Hall–Kier alpha value is -1.90. The van der Waals surface area contributed by atoms with Gasteiger partial charge in [-0.25, -0.2) is 0 Å². The molecule has 1 fully saturated rings. The number of para-hydroxylation sites is 1. The molecule has 2 aromatic rings. The van der Waals surface area contributed by atoms with Crippen LogP contribution in [-0.2, 0) is 16.0 Å². The summed E-state index contributed by atoms with van der Waals surface area (Å²) >= 11 is 0. The number of carbonyl (C=O) groups excluding carboxylic acids is 1. The van der Waals surface area contributed by atoms with Gasteiger partial charge in [0.2, 0.25) is 0 Å². The standard InChI is InChI=1S/C17H19NO2/c1-20-17(19)11-13-10-16(12-6-2-3-7-12)18-15-9-5-4-8-14(13)15/h4-5,8-10,12H,2-3,6-7,11H2,1H3. The summed E-state index contributed by atoms with van der Waals surface area (Å²) in [6, 6.07) is 10.1. The molecule has 0 spiro atoms. The van der Waals surface area contributed by atoms with Crippen LogP contribution in [0.15, 0.2) is 30.3 Å². The number of fused-ring (bicyclic) bond motifs is 1. The molecular formula is C17H19NO2. The Morgan fingerprint density at radius 3 is 2.80 bits per heavy atom. The number of aromatic nitrogens is 1. The van der Waals surface area contributed by atoms with Gasteiger partial charge < -0.3 is 4.74 Å². The summed E-state index contributed by atoms with van der Waals surface area (Å²) in [6.07, 6.45) is 5.31. The number of hydrogen-bond acceptors (Lipinski definition) is 3. The van der Waals surface area contributed by atoms with Crippen LogP contribution in [0.4, 0.5) is 0 Å². The monoisotopic (exact) mass is 269 g/mol. The third-order valence-electron chi connectivity index (χ3n) is 4.16. The molecule has 104 valence electrons. The van der Waals surface area contributed by atoms with Crippen molar-refractivity contribution in [3.8, 4) is 0 Å². The maximum atomic E-state index is 11.6. The first-order valence-electron chi connectivity index (χ1n) is 7.23. The van der Waals surface area contributed by atoms with Gasteiger partial charge in [-0.2, -0.15) is 0 Å². The zero-order valence-corrected chi connectivity index (χ0v) is 11.8. The summed E-state index contributed by atoms with van der Waals surface area (Å²) in [4.78, 5) is 16.4. The van der Waals surface area contributed by atoms with Crippen LogP contribution in [0.3, 0.4) is 0 Å². The van der Waals surface area contributed by atoms with Crippen molar-refractivity contribution in [1.29, 1.82) is 0 Å². The van der Waals surface area contributed by atoms with Crippen molar-refractivity contribution < 1.29 is 9.53 Å². The number of esters is 1. The lowest BCUT2D eigenvalue weighted by molar-refractivity contribution is -0.139. The van der Waals surface area contributed by atoms with Gasteiger partial charge in [-0.15, -0.1) is 0 Å². The predicted octanol–water partition coefficient (Wildman–Crippen LogP) is 3.61. The third-order valence-corrected chi connectivity index (χ3v) is 4.16. The summed E-state index contributed by atoms with van der Waals surface area (Å²) in [6.45, 7) is 0. The first-order chi connectivity index (χ1) is 9.78. The van der Waals surface area contributed by atoms with Gasteiger partial charge in [0.05, 0.1) is 19.0 Å². The van der Waals surface area contributed by atoms with Crippen LogP contribution in [0.1, 0.15) is 42.9 Å². The van der Waals surface area contributed by atoms with Crippen LogP contribution in [0.5, 0.6) is 0 Å². The molecule has 1 aromatic heterocycles. The zero-order chi connectivity index (χ0) is 13.9. The molecule has 0 radical (unpaired) electrons. The van der Waals surface area contributed by atoms with Gasteiger partial charge in [0.1, 0.15) is 0 Å². The smallest absolute Gasteiger partial charge is 0.310 e. The molecule has 0 unspecified atom stereocenters. The lowest BCUT2D eigenvalue weighted by Gasteiger charge is -2.13. The van der Waals surface area contributed by atoms with Crippen molar-refractivity contribution in [2.75, 3.05) is 7.11 Å². The van der Waals surface area contributed by atoms with Crippen LogP contribution in [0.2, 0.25) is 0 Å². The third kappa shape index (κ3) is 2.53. The van der Waals surface area contributed by atoms with E-state index in [0.29, 0.717) is 12.3 Å². The molecule has 3 nitrogen and oxygen atoms in total. The normalized spacial score (nSPS) is 15.7. The number of benzene rings is 1. The number of pyridine rings is 1. The van der Waals surface area contributed by atoms with E-state index in [0.717, 1.165) is 22.2 Å². The molecule has 20 heavy (non-hydrogen) atoms. The number of carbonyl (C=O) groups is 1. The number of hydrogen-bond donors (Lipinski definition) is 0. The molecule has 1 heterocycles. The average molecular weight is 269 g/mol. The topological polar surface area (TPSA) is 39.2 Å². The molecule has 3 heteroatoms. The van der Waals surface area contributed by atoms with Crippen molar-refractivity contribution in [3.63, 3.8) is 0 Å². The van der Waals surface area contributed by atoms with Gasteiger partial charge in [-0.3, -0.25) is 9.78 Å². The Bertz CT molecular complexity index is 630. The van der Waals surface area contributed by atoms with Crippen molar-refractivity contribution in [3.05, 3.63) is 41.6 Å². The molecule has 0 bridgehead atoms. The molecule has 1 aliphatic carbocycles. The van der Waals surface area contributed by atoms with Gasteiger partial charge in [0, 0.05) is 17.0 Å². The second-order valence-electron chi connectivity index (χ2n) is 5.46.